The van der Waals surface area contributed by atoms with Gasteiger partial charge in [-0.1, -0.05) is 23.7 Å². The first-order valence-electron chi connectivity index (χ1n) is 11.5. The second-order valence-electron chi connectivity index (χ2n) is 8.86. The number of anilines is 1. The summed E-state index contributed by atoms with van der Waals surface area (Å²) in [7, 11) is 0. The molecule has 1 saturated heterocycles. The van der Waals surface area contributed by atoms with Crippen molar-refractivity contribution in [3.05, 3.63) is 81.1 Å². The fraction of sp³-hybridized carbons (Fsp3) is 0.269. The Kier molecular flexibility index (Phi) is 7.48. The maximum absolute atomic E-state index is 13.1. The Morgan fingerprint density at radius 3 is 2.47 bits per heavy atom. The molecule has 0 spiro atoms. The average molecular weight is 505 g/mol. The molecule has 9 nitrogen and oxygen atoms in total. The van der Waals surface area contributed by atoms with Crippen LogP contribution in [0.2, 0.25) is 5.02 Å². The standard InChI is InChI=1S/C26H25ClN6O3/c1-16-13-32(14-17(2)29-16)26(36)20-9-18(12-28)10-22(11-20)30-24(34)15-33-25(35)8-7-23(31-33)19-3-5-21(27)6-4-19/h3-11,16-17,29H,13-15H2,1-2H3,(H,30,34)/t16-,17-/m0/s1. The van der Waals surface area contributed by atoms with Crippen molar-refractivity contribution in [1.29, 1.82) is 5.26 Å². The van der Waals surface area contributed by atoms with Gasteiger partial charge in [-0.15, -0.1) is 0 Å². The largest absolute Gasteiger partial charge is 0.336 e. The van der Waals surface area contributed by atoms with Gasteiger partial charge in [0.05, 0.1) is 17.3 Å². The molecule has 1 aliphatic rings. The van der Waals surface area contributed by atoms with Crippen LogP contribution < -0.4 is 16.2 Å². The van der Waals surface area contributed by atoms with E-state index < -0.39 is 11.5 Å². The molecule has 0 saturated carbocycles. The van der Waals surface area contributed by atoms with E-state index in [1.807, 2.05) is 19.9 Å². The fourth-order valence-electron chi connectivity index (χ4n) is 4.24. The van der Waals surface area contributed by atoms with Crippen molar-refractivity contribution in [3.8, 4) is 17.3 Å². The van der Waals surface area contributed by atoms with E-state index >= 15 is 0 Å². The third-order valence-corrected chi connectivity index (χ3v) is 5.99. The number of benzene rings is 2. The van der Waals surface area contributed by atoms with Crippen molar-refractivity contribution in [2.45, 2.75) is 32.5 Å². The molecular formula is C26H25ClN6O3. The van der Waals surface area contributed by atoms with Crippen LogP contribution in [0.1, 0.15) is 29.8 Å². The van der Waals surface area contributed by atoms with Gasteiger partial charge in [-0.25, -0.2) is 4.68 Å². The molecule has 0 radical (unpaired) electrons. The summed E-state index contributed by atoms with van der Waals surface area (Å²) >= 11 is 5.94. The monoisotopic (exact) mass is 504 g/mol. The van der Waals surface area contributed by atoms with Gasteiger partial charge < -0.3 is 15.5 Å². The molecule has 4 rings (SSSR count). The summed E-state index contributed by atoms with van der Waals surface area (Å²) in [6.07, 6.45) is 0. The van der Waals surface area contributed by atoms with Gasteiger partial charge >= 0.3 is 0 Å². The maximum Gasteiger partial charge on any atom is 0.267 e. The van der Waals surface area contributed by atoms with Gasteiger partial charge in [0.25, 0.3) is 11.5 Å². The third kappa shape index (κ3) is 5.97. The Balaban J connectivity index is 1.52. The number of aromatic nitrogens is 2. The van der Waals surface area contributed by atoms with Crippen molar-refractivity contribution >= 4 is 29.1 Å². The molecule has 2 N–H and O–H groups in total. The number of nitrogens with zero attached hydrogens (tertiary/aromatic N) is 4. The highest BCUT2D eigenvalue weighted by molar-refractivity contribution is 6.30. The van der Waals surface area contributed by atoms with E-state index in [4.69, 9.17) is 11.6 Å². The molecule has 0 bridgehead atoms. The molecular weight excluding hydrogens is 480 g/mol. The molecule has 36 heavy (non-hydrogen) atoms. The van der Waals surface area contributed by atoms with Gasteiger partial charge in [0.15, 0.2) is 0 Å². The molecule has 2 atom stereocenters. The van der Waals surface area contributed by atoms with Gasteiger partial charge in [-0.3, -0.25) is 14.4 Å². The van der Waals surface area contributed by atoms with Gasteiger partial charge in [0, 0.05) is 53.1 Å². The second-order valence-corrected chi connectivity index (χ2v) is 9.30. The molecule has 184 valence electrons. The van der Waals surface area contributed by atoms with Crippen LogP contribution in [-0.2, 0) is 11.3 Å². The number of amides is 2. The van der Waals surface area contributed by atoms with Crippen LogP contribution >= 0.6 is 11.6 Å². The number of piperazine rings is 1. The minimum atomic E-state index is -0.518. The van der Waals surface area contributed by atoms with E-state index in [9.17, 15) is 19.6 Å². The maximum atomic E-state index is 13.1. The van der Waals surface area contributed by atoms with E-state index in [-0.39, 0.29) is 30.1 Å². The molecule has 2 heterocycles. The van der Waals surface area contributed by atoms with Gasteiger partial charge in [-0.2, -0.15) is 10.4 Å². The highest BCUT2D eigenvalue weighted by Crippen LogP contribution is 2.20. The first-order valence-corrected chi connectivity index (χ1v) is 11.8. The van der Waals surface area contributed by atoms with Crippen LogP contribution in [0.15, 0.2) is 59.4 Å². The molecule has 1 fully saturated rings. The third-order valence-electron chi connectivity index (χ3n) is 5.74. The van der Waals surface area contributed by atoms with Gasteiger partial charge in [0.1, 0.15) is 6.54 Å². The van der Waals surface area contributed by atoms with Gasteiger partial charge in [-0.05, 0) is 50.2 Å². The zero-order valence-corrected chi connectivity index (χ0v) is 20.6. The Morgan fingerprint density at radius 1 is 1.11 bits per heavy atom. The highest BCUT2D eigenvalue weighted by atomic mass is 35.5. The van der Waals surface area contributed by atoms with E-state index in [0.717, 1.165) is 10.2 Å². The van der Waals surface area contributed by atoms with Crippen molar-refractivity contribution < 1.29 is 9.59 Å². The lowest BCUT2D eigenvalue weighted by Crippen LogP contribution is -2.55. The number of carbonyl (C=O) groups excluding carboxylic acids is 2. The van der Waals surface area contributed by atoms with Crippen LogP contribution in [0.3, 0.4) is 0 Å². The molecule has 0 aliphatic carbocycles. The smallest absolute Gasteiger partial charge is 0.267 e. The van der Waals surface area contributed by atoms with Crippen LogP contribution in [0.4, 0.5) is 5.69 Å². The van der Waals surface area contributed by atoms with Gasteiger partial charge in [0.2, 0.25) is 5.91 Å². The number of hydrogen-bond acceptors (Lipinski definition) is 6. The van der Waals surface area contributed by atoms with Crippen molar-refractivity contribution in [3.63, 3.8) is 0 Å². The minimum absolute atomic E-state index is 0.144. The first-order chi connectivity index (χ1) is 17.2. The highest BCUT2D eigenvalue weighted by Gasteiger charge is 2.26. The van der Waals surface area contributed by atoms with Crippen LogP contribution in [0.25, 0.3) is 11.3 Å². The SMILES string of the molecule is C[C@H]1CN(C(=O)c2cc(C#N)cc(NC(=O)Cn3nc(-c4ccc(Cl)cc4)ccc3=O)c2)C[C@H](C)N1. The predicted octanol–water partition coefficient (Wildman–Crippen LogP) is 2.90. The lowest BCUT2D eigenvalue weighted by Gasteiger charge is -2.36. The molecule has 3 aromatic rings. The lowest BCUT2D eigenvalue weighted by molar-refractivity contribution is -0.117. The summed E-state index contributed by atoms with van der Waals surface area (Å²) < 4.78 is 1.06. The van der Waals surface area contributed by atoms with Crippen molar-refractivity contribution in [2.75, 3.05) is 18.4 Å². The molecule has 10 heteroatoms. The van der Waals surface area contributed by atoms with Crippen molar-refractivity contribution in [2.24, 2.45) is 0 Å². The first kappa shape index (κ1) is 25.1. The molecule has 2 aromatic carbocycles. The van der Waals surface area contributed by atoms with E-state index in [2.05, 4.69) is 15.7 Å². The minimum Gasteiger partial charge on any atom is -0.336 e. The Bertz CT molecular complexity index is 1390. The number of hydrogen-bond donors (Lipinski definition) is 2. The summed E-state index contributed by atoms with van der Waals surface area (Å²) in [6, 6.07) is 16.7. The normalized spacial score (nSPS) is 17.3. The molecule has 2 amide bonds. The lowest BCUT2D eigenvalue weighted by atomic mass is 10.1. The summed E-state index contributed by atoms with van der Waals surface area (Å²) in [4.78, 5) is 40.0. The number of halogens is 1. The molecule has 0 unspecified atom stereocenters. The second kappa shape index (κ2) is 10.7. The topological polar surface area (TPSA) is 120 Å². The quantitative estimate of drug-likeness (QED) is 0.551. The van der Waals surface area contributed by atoms with Crippen LogP contribution in [0.5, 0.6) is 0 Å². The summed E-state index contributed by atoms with van der Waals surface area (Å²) in [6.45, 7) is 4.75. The Morgan fingerprint density at radius 2 is 1.81 bits per heavy atom. The number of rotatable bonds is 5. The summed E-state index contributed by atoms with van der Waals surface area (Å²) in [5.41, 5.74) is 1.66. The van der Waals surface area contributed by atoms with Crippen LogP contribution in [0, 0.1) is 11.3 Å². The zero-order valence-electron chi connectivity index (χ0n) is 19.9. The van der Waals surface area contributed by atoms with Crippen LogP contribution in [-0.4, -0.2) is 51.7 Å². The number of carbonyl (C=O) groups is 2. The summed E-state index contributed by atoms with van der Waals surface area (Å²) in [5, 5.41) is 20.4. The average Bonchev–Trinajstić information content (AvgIpc) is 2.84. The Labute approximate surface area is 213 Å². The fourth-order valence-corrected chi connectivity index (χ4v) is 4.36. The zero-order chi connectivity index (χ0) is 25.8. The molecule has 1 aliphatic heterocycles. The number of nitriles is 1. The molecule has 1 aromatic heterocycles. The predicted molar refractivity (Wildman–Crippen MR) is 137 cm³/mol. The van der Waals surface area contributed by atoms with Crippen molar-refractivity contribution in [1.82, 2.24) is 20.0 Å². The van der Waals surface area contributed by atoms with E-state index in [1.165, 1.54) is 18.2 Å². The van der Waals surface area contributed by atoms with E-state index in [1.54, 1.807) is 41.3 Å². The van der Waals surface area contributed by atoms with E-state index in [0.29, 0.717) is 35.1 Å². The number of nitrogens with one attached hydrogen (secondary N) is 2. The summed E-state index contributed by atoms with van der Waals surface area (Å²) in [5.74, 6) is -0.730. The Hall–Kier alpha value is -4.00.